The number of nitrogens with one attached hydrogen (secondary N) is 1. The smallest absolute Gasteiger partial charge is 0.253 e. The molecule has 0 bridgehead atoms. The molecular weight excluding hydrogens is 338 g/mol. The van der Waals surface area contributed by atoms with Gasteiger partial charge in [-0.25, -0.2) is 0 Å². The summed E-state index contributed by atoms with van der Waals surface area (Å²) in [5.41, 5.74) is 1.53. The van der Waals surface area contributed by atoms with E-state index in [1.54, 1.807) is 11.0 Å². The fraction of sp³-hybridized carbons (Fsp3) is 0.579. The molecule has 1 aromatic carbocycles. The minimum absolute atomic E-state index is 0.0912. The molecule has 0 saturated carbocycles. The van der Waals surface area contributed by atoms with Gasteiger partial charge in [-0.2, -0.15) is 0 Å². The van der Waals surface area contributed by atoms with Crippen LogP contribution < -0.4 is 10.2 Å². The molecule has 3 rings (SSSR count). The summed E-state index contributed by atoms with van der Waals surface area (Å²) in [6, 6.07) is 5.64. The summed E-state index contributed by atoms with van der Waals surface area (Å²) in [4.78, 5) is 28.8. The van der Waals surface area contributed by atoms with Gasteiger partial charge < -0.3 is 15.1 Å². The van der Waals surface area contributed by atoms with E-state index in [0.29, 0.717) is 23.6 Å². The Morgan fingerprint density at radius 1 is 1.24 bits per heavy atom. The first-order valence-electron chi connectivity index (χ1n) is 9.10. The standard InChI is InChI=1S/C19H26ClN3O2/c1-13(2)23-12-14(10-18(23)24)21-19(25)16-11-15(6-7-17(16)20)22-8-4-3-5-9-22/h6-7,11,13-14H,3-5,8-10,12H2,1-2H3,(H,21,25). The Labute approximate surface area is 154 Å². The number of amides is 2. The number of nitrogens with zero attached hydrogens (tertiary/aromatic N) is 2. The molecule has 1 N–H and O–H groups in total. The highest BCUT2D eigenvalue weighted by molar-refractivity contribution is 6.34. The molecule has 0 spiro atoms. The van der Waals surface area contributed by atoms with Crippen molar-refractivity contribution in [2.24, 2.45) is 0 Å². The summed E-state index contributed by atoms with van der Waals surface area (Å²) in [5.74, 6) is -0.110. The molecule has 136 valence electrons. The number of hydrogen-bond donors (Lipinski definition) is 1. The van der Waals surface area contributed by atoms with Crippen LogP contribution in [0.3, 0.4) is 0 Å². The maximum absolute atomic E-state index is 12.7. The van der Waals surface area contributed by atoms with Crippen molar-refractivity contribution in [1.29, 1.82) is 0 Å². The van der Waals surface area contributed by atoms with Crippen LogP contribution >= 0.6 is 11.6 Å². The van der Waals surface area contributed by atoms with Crippen LogP contribution in [0.5, 0.6) is 0 Å². The number of anilines is 1. The van der Waals surface area contributed by atoms with Gasteiger partial charge in [0.05, 0.1) is 16.6 Å². The van der Waals surface area contributed by atoms with Crippen LogP contribution in [-0.4, -0.2) is 48.4 Å². The lowest BCUT2D eigenvalue weighted by Crippen LogP contribution is -2.39. The first kappa shape index (κ1) is 18.1. The summed E-state index contributed by atoms with van der Waals surface area (Å²) in [7, 11) is 0. The summed E-state index contributed by atoms with van der Waals surface area (Å²) in [5, 5.41) is 3.42. The van der Waals surface area contributed by atoms with Gasteiger partial charge in [-0.3, -0.25) is 9.59 Å². The molecule has 0 aliphatic carbocycles. The average Bonchev–Trinajstić information content (AvgIpc) is 2.96. The van der Waals surface area contributed by atoms with Crippen molar-refractivity contribution in [3.63, 3.8) is 0 Å². The minimum Gasteiger partial charge on any atom is -0.372 e. The van der Waals surface area contributed by atoms with Crippen molar-refractivity contribution >= 4 is 29.1 Å². The van der Waals surface area contributed by atoms with Crippen molar-refractivity contribution in [3.05, 3.63) is 28.8 Å². The predicted molar refractivity (Wildman–Crippen MR) is 100 cm³/mol. The van der Waals surface area contributed by atoms with Crippen LogP contribution in [0.25, 0.3) is 0 Å². The summed E-state index contributed by atoms with van der Waals surface area (Å²) >= 11 is 6.27. The lowest BCUT2D eigenvalue weighted by molar-refractivity contribution is -0.129. The molecule has 1 unspecified atom stereocenters. The number of rotatable bonds is 4. The Kier molecular flexibility index (Phi) is 5.52. The van der Waals surface area contributed by atoms with Gasteiger partial charge in [-0.15, -0.1) is 0 Å². The third-order valence-electron chi connectivity index (χ3n) is 5.03. The van der Waals surface area contributed by atoms with E-state index >= 15 is 0 Å². The number of piperidine rings is 1. The zero-order valence-electron chi connectivity index (χ0n) is 14.9. The van der Waals surface area contributed by atoms with Crippen molar-refractivity contribution < 1.29 is 9.59 Å². The van der Waals surface area contributed by atoms with Crippen molar-refractivity contribution in [2.75, 3.05) is 24.5 Å². The number of carbonyl (C=O) groups excluding carboxylic acids is 2. The molecule has 2 amide bonds. The van der Waals surface area contributed by atoms with Crippen LogP contribution in [0.4, 0.5) is 5.69 Å². The number of hydrogen-bond acceptors (Lipinski definition) is 3. The van der Waals surface area contributed by atoms with Crippen LogP contribution in [0.2, 0.25) is 5.02 Å². The lowest BCUT2D eigenvalue weighted by Gasteiger charge is -2.29. The zero-order chi connectivity index (χ0) is 18.0. The van der Waals surface area contributed by atoms with E-state index in [0.717, 1.165) is 18.8 Å². The summed E-state index contributed by atoms with van der Waals surface area (Å²) < 4.78 is 0. The molecule has 1 atom stereocenters. The molecule has 25 heavy (non-hydrogen) atoms. The van der Waals surface area contributed by atoms with Gasteiger partial charge in [0.2, 0.25) is 5.91 Å². The van der Waals surface area contributed by atoms with Gasteiger partial charge >= 0.3 is 0 Å². The van der Waals surface area contributed by atoms with E-state index in [9.17, 15) is 9.59 Å². The van der Waals surface area contributed by atoms with E-state index < -0.39 is 0 Å². The molecule has 0 aromatic heterocycles. The van der Waals surface area contributed by atoms with Crippen LogP contribution in [0.1, 0.15) is 49.9 Å². The molecule has 1 aromatic rings. The van der Waals surface area contributed by atoms with Crippen molar-refractivity contribution in [2.45, 2.75) is 51.6 Å². The number of benzene rings is 1. The molecule has 6 heteroatoms. The Morgan fingerprint density at radius 2 is 1.96 bits per heavy atom. The second kappa shape index (κ2) is 7.65. The largest absolute Gasteiger partial charge is 0.372 e. The lowest BCUT2D eigenvalue weighted by atomic mass is 10.1. The quantitative estimate of drug-likeness (QED) is 0.894. The van der Waals surface area contributed by atoms with Gasteiger partial charge in [0.25, 0.3) is 5.91 Å². The second-order valence-electron chi connectivity index (χ2n) is 7.23. The molecule has 5 nitrogen and oxygen atoms in total. The maximum Gasteiger partial charge on any atom is 0.253 e. The Morgan fingerprint density at radius 3 is 2.60 bits per heavy atom. The molecule has 2 heterocycles. The predicted octanol–water partition coefficient (Wildman–Crippen LogP) is 3.07. The zero-order valence-corrected chi connectivity index (χ0v) is 15.7. The highest BCUT2D eigenvalue weighted by atomic mass is 35.5. The third kappa shape index (κ3) is 4.09. The first-order chi connectivity index (χ1) is 12.0. The van der Waals surface area contributed by atoms with Gasteiger partial charge in [0.1, 0.15) is 0 Å². The molecule has 2 fully saturated rings. The molecule has 2 aliphatic rings. The fourth-order valence-corrected chi connectivity index (χ4v) is 3.83. The van der Waals surface area contributed by atoms with Gasteiger partial charge in [-0.05, 0) is 51.3 Å². The van der Waals surface area contributed by atoms with Crippen LogP contribution in [0, 0.1) is 0 Å². The normalized spacial score (nSPS) is 21.1. The van der Waals surface area contributed by atoms with Crippen molar-refractivity contribution in [3.8, 4) is 0 Å². The van der Waals surface area contributed by atoms with Crippen LogP contribution in [-0.2, 0) is 4.79 Å². The second-order valence-corrected chi connectivity index (χ2v) is 7.63. The van der Waals surface area contributed by atoms with E-state index in [-0.39, 0.29) is 23.9 Å². The highest BCUT2D eigenvalue weighted by Gasteiger charge is 2.32. The van der Waals surface area contributed by atoms with Gasteiger partial charge in [-0.1, -0.05) is 11.6 Å². The monoisotopic (exact) mass is 363 g/mol. The van der Waals surface area contributed by atoms with E-state index in [1.165, 1.54) is 19.3 Å². The highest BCUT2D eigenvalue weighted by Crippen LogP contribution is 2.26. The fourth-order valence-electron chi connectivity index (χ4n) is 3.63. The van der Waals surface area contributed by atoms with Crippen LogP contribution in [0.15, 0.2) is 18.2 Å². The average molecular weight is 364 g/mol. The SMILES string of the molecule is CC(C)N1CC(NC(=O)c2cc(N3CCCCC3)ccc2Cl)CC1=O. The third-order valence-corrected chi connectivity index (χ3v) is 5.36. The van der Waals surface area contributed by atoms with E-state index in [2.05, 4.69) is 10.2 Å². The van der Waals surface area contributed by atoms with Crippen molar-refractivity contribution in [1.82, 2.24) is 10.2 Å². The summed E-state index contributed by atoms with van der Waals surface area (Å²) in [6.07, 6.45) is 3.98. The van der Waals surface area contributed by atoms with Gasteiger partial charge in [0, 0.05) is 37.8 Å². The van der Waals surface area contributed by atoms with E-state index in [1.807, 2.05) is 26.0 Å². The minimum atomic E-state index is -0.202. The first-order valence-corrected chi connectivity index (χ1v) is 9.48. The topological polar surface area (TPSA) is 52.7 Å². The van der Waals surface area contributed by atoms with E-state index in [4.69, 9.17) is 11.6 Å². The molecule has 2 saturated heterocycles. The molecular formula is C19H26ClN3O2. The van der Waals surface area contributed by atoms with Gasteiger partial charge in [0.15, 0.2) is 0 Å². The maximum atomic E-state index is 12.7. The summed E-state index contributed by atoms with van der Waals surface area (Å²) in [6.45, 7) is 6.57. The Hall–Kier alpha value is -1.75. The molecule has 0 radical (unpaired) electrons. The number of halogens is 1. The Bertz CT molecular complexity index is 656. The molecule has 2 aliphatic heterocycles. The number of carbonyl (C=O) groups is 2. The Balaban J connectivity index is 1.70. The number of likely N-dealkylation sites (tertiary alicyclic amines) is 1.